The Balaban J connectivity index is 2.44. The summed E-state index contributed by atoms with van der Waals surface area (Å²) in [4.78, 5) is 23.0. The van der Waals surface area contributed by atoms with E-state index in [0.29, 0.717) is 30.5 Å². The Labute approximate surface area is 103 Å². The highest BCUT2D eigenvalue weighted by Gasteiger charge is 2.27. The Kier molecular flexibility index (Phi) is 3.23. The Morgan fingerprint density at radius 2 is 2.06 bits per heavy atom. The van der Waals surface area contributed by atoms with Gasteiger partial charge in [-0.1, -0.05) is 0 Å². The van der Waals surface area contributed by atoms with E-state index in [-0.39, 0.29) is 5.56 Å². The zero-order valence-corrected chi connectivity index (χ0v) is 9.74. The molecule has 0 N–H and O–H groups in total. The first-order valence-corrected chi connectivity index (χ1v) is 5.47. The van der Waals surface area contributed by atoms with Crippen LogP contribution in [-0.4, -0.2) is 17.2 Å². The van der Waals surface area contributed by atoms with E-state index in [2.05, 4.69) is 0 Å². The van der Waals surface area contributed by atoms with Crippen LogP contribution < -0.4 is 0 Å². The molecule has 0 unspecified atom stereocenters. The number of nitrogens with zero attached hydrogens (tertiary/aromatic N) is 1. The molecule has 3 nitrogen and oxygen atoms in total. The van der Waals surface area contributed by atoms with Crippen LogP contribution in [0.5, 0.6) is 0 Å². The van der Waals surface area contributed by atoms with E-state index in [1.165, 1.54) is 13.0 Å². The predicted molar refractivity (Wildman–Crippen MR) is 61.1 cm³/mol. The first-order valence-electron chi connectivity index (χ1n) is 5.47. The molecule has 94 valence electrons. The summed E-state index contributed by atoms with van der Waals surface area (Å²) in [6, 6.07) is 3.26. The van der Waals surface area contributed by atoms with Crippen molar-refractivity contribution in [2.45, 2.75) is 19.8 Å². The number of rotatable bonds is 3. The molecule has 5 heteroatoms. The van der Waals surface area contributed by atoms with Gasteiger partial charge in [0.05, 0.1) is 0 Å². The smallest absolute Gasteiger partial charge is 0.230 e. The molecule has 2 rings (SSSR count). The van der Waals surface area contributed by atoms with Gasteiger partial charge in [-0.3, -0.25) is 14.5 Å². The minimum Gasteiger partial charge on any atom is -0.278 e. The van der Waals surface area contributed by atoms with Crippen LogP contribution in [-0.2, 0) is 9.59 Å². The van der Waals surface area contributed by atoms with Gasteiger partial charge in [-0.25, -0.2) is 8.78 Å². The molecule has 0 heterocycles. The average molecular weight is 251 g/mol. The molecule has 0 aromatic heterocycles. The van der Waals surface area contributed by atoms with Crippen LogP contribution >= 0.6 is 0 Å². The van der Waals surface area contributed by atoms with Crippen molar-refractivity contribution in [3.63, 3.8) is 0 Å². The normalized spacial score (nSPS) is 14.2. The molecule has 0 saturated heterocycles. The molecule has 0 bridgehead atoms. The number of benzene rings is 1. The number of imide groups is 1. The van der Waals surface area contributed by atoms with Gasteiger partial charge in [-0.15, -0.1) is 0 Å². The third kappa shape index (κ3) is 2.03. The van der Waals surface area contributed by atoms with E-state index in [0.717, 1.165) is 17.0 Å². The summed E-state index contributed by atoms with van der Waals surface area (Å²) in [6.07, 6.45) is 1.51. The van der Waals surface area contributed by atoms with Gasteiger partial charge in [0.15, 0.2) is 0 Å². The van der Waals surface area contributed by atoms with Crippen LogP contribution in [0, 0.1) is 11.6 Å². The summed E-state index contributed by atoms with van der Waals surface area (Å²) >= 11 is 0. The summed E-state index contributed by atoms with van der Waals surface area (Å²) in [7, 11) is 0. The second-order valence-electron chi connectivity index (χ2n) is 4.04. The molecule has 0 saturated carbocycles. The number of amides is 2. The molecular weight excluding hydrogens is 240 g/mol. The minimum atomic E-state index is -0.684. The van der Waals surface area contributed by atoms with Gasteiger partial charge in [0.1, 0.15) is 11.6 Å². The van der Waals surface area contributed by atoms with Crippen molar-refractivity contribution in [1.29, 1.82) is 0 Å². The maximum atomic E-state index is 13.6. The first-order chi connectivity index (χ1) is 8.54. The zero-order valence-electron chi connectivity index (χ0n) is 9.74. The number of hydrogen-bond donors (Lipinski definition) is 0. The van der Waals surface area contributed by atoms with Crippen molar-refractivity contribution < 1.29 is 18.4 Å². The fourth-order valence-corrected chi connectivity index (χ4v) is 1.98. The first kappa shape index (κ1) is 12.4. The van der Waals surface area contributed by atoms with Crippen molar-refractivity contribution >= 4 is 17.9 Å². The highest BCUT2D eigenvalue weighted by Crippen LogP contribution is 2.38. The molecule has 1 aromatic rings. The van der Waals surface area contributed by atoms with Gasteiger partial charge in [-0.05, 0) is 30.5 Å². The Morgan fingerprint density at radius 1 is 1.33 bits per heavy atom. The van der Waals surface area contributed by atoms with Crippen LogP contribution in [0.1, 0.15) is 25.3 Å². The van der Waals surface area contributed by atoms with Crippen LogP contribution in [0.25, 0.3) is 5.57 Å². The van der Waals surface area contributed by atoms with Crippen molar-refractivity contribution in [3.05, 3.63) is 41.1 Å². The topological polar surface area (TPSA) is 37.4 Å². The molecule has 1 aliphatic rings. The quantitative estimate of drug-likeness (QED) is 0.774. The van der Waals surface area contributed by atoms with E-state index < -0.39 is 17.5 Å². The second-order valence-corrected chi connectivity index (χ2v) is 4.04. The molecular formula is C13H11F2NO2. The molecule has 0 spiro atoms. The highest BCUT2D eigenvalue weighted by molar-refractivity contribution is 5.90. The standard InChI is InChI=1S/C13H11F2NO2/c1-8(18)16(7-17)13-5-4-11(13)10-3-2-9(14)6-12(10)15/h2-3,6-7H,4-5H2,1H3. The third-order valence-electron chi connectivity index (χ3n) is 2.95. The highest BCUT2D eigenvalue weighted by atomic mass is 19.1. The average Bonchev–Trinajstić information content (AvgIpc) is 2.27. The largest absolute Gasteiger partial charge is 0.278 e. The molecule has 18 heavy (non-hydrogen) atoms. The number of carbonyl (C=O) groups is 2. The van der Waals surface area contributed by atoms with Gasteiger partial charge in [-0.2, -0.15) is 0 Å². The van der Waals surface area contributed by atoms with Crippen molar-refractivity contribution in [2.24, 2.45) is 0 Å². The molecule has 2 amide bonds. The summed E-state index contributed by atoms with van der Waals surface area (Å²) < 4.78 is 26.4. The lowest BCUT2D eigenvalue weighted by Gasteiger charge is -2.29. The van der Waals surface area contributed by atoms with Crippen molar-refractivity contribution in [1.82, 2.24) is 4.90 Å². The Hall–Kier alpha value is -2.04. The fourth-order valence-electron chi connectivity index (χ4n) is 1.98. The van der Waals surface area contributed by atoms with Gasteiger partial charge in [0, 0.05) is 24.3 Å². The number of halogens is 2. The Morgan fingerprint density at radius 3 is 2.50 bits per heavy atom. The number of allylic oxidation sites excluding steroid dienone is 2. The SMILES string of the molecule is CC(=O)N(C=O)C1=C(c2ccc(F)cc2F)CC1. The van der Waals surface area contributed by atoms with Crippen LogP contribution in [0.3, 0.4) is 0 Å². The van der Waals surface area contributed by atoms with E-state index in [1.54, 1.807) is 0 Å². The number of hydrogen-bond acceptors (Lipinski definition) is 2. The molecule has 0 atom stereocenters. The van der Waals surface area contributed by atoms with Crippen molar-refractivity contribution in [2.75, 3.05) is 0 Å². The molecule has 1 aromatic carbocycles. The van der Waals surface area contributed by atoms with Crippen LogP contribution in [0.15, 0.2) is 23.9 Å². The summed E-state index contributed by atoms with van der Waals surface area (Å²) in [6.45, 7) is 1.26. The maximum absolute atomic E-state index is 13.6. The summed E-state index contributed by atoms with van der Waals surface area (Å²) in [5.41, 5.74) is 1.31. The van der Waals surface area contributed by atoms with Gasteiger partial charge >= 0.3 is 0 Å². The zero-order chi connectivity index (χ0) is 13.3. The fraction of sp³-hybridized carbons (Fsp3) is 0.231. The van der Waals surface area contributed by atoms with E-state index >= 15 is 0 Å². The molecule has 1 aliphatic carbocycles. The molecule has 0 aliphatic heterocycles. The minimum absolute atomic E-state index is 0.241. The lowest BCUT2D eigenvalue weighted by atomic mass is 9.87. The monoisotopic (exact) mass is 251 g/mol. The molecule has 0 radical (unpaired) electrons. The lowest BCUT2D eigenvalue weighted by molar-refractivity contribution is -0.134. The van der Waals surface area contributed by atoms with Gasteiger partial charge in [0.25, 0.3) is 0 Å². The van der Waals surface area contributed by atoms with Gasteiger partial charge < -0.3 is 0 Å². The summed E-state index contributed by atoms with van der Waals surface area (Å²) in [5.74, 6) is -1.76. The second kappa shape index (κ2) is 4.68. The van der Waals surface area contributed by atoms with Crippen LogP contribution in [0.2, 0.25) is 0 Å². The molecule has 0 fully saturated rings. The predicted octanol–water partition coefficient (Wildman–Crippen LogP) is 2.47. The maximum Gasteiger partial charge on any atom is 0.230 e. The third-order valence-corrected chi connectivity index (χ3v) is 2.95. The lowest BCUT2D eigenvalue weighted by Crippen LogP contribution is -2.30. The summed E-state index contributed by atoms with van der Waals surface area (Å²) in [5, 5.41) is 0. The van der Waals surface area contributed by atoms with Gasteiger partial charge in [0.2, 0.25) is 12.3 Å². The van der Waals surface area contributed by atoms with Crippen LogP contribution in [0.4, 0.5) is 8.78 Å². The van der Waals surface area contributed by atoms with E-state index in [9.17, 15) is 18.4 Å². The van der Waals surface area contributed by atoms with E-state index in [4.69, 9.17) is 0 Å². The van der Waals surface area contributed by atoms with Crippen molar-refractivity contribution in [3.8, 4) is 0 Å². The number of carbonyl (C=O) groups excluding carboxylic acids is 2. The Bertz CT molecular complexity index is 552. The van der Waals surface area contributed by atoms with E-state index in [1.807, 2.05) is 0 Å².